The molecule has 0 amide bonds. The zero-order valence-electron chi connectivity index (χ0n) is 14.3. The number of carboxylic acid groups (broad SMARTS) is 1. The molecule has 27 heavy (non-hydrogen) atoms. The summed E-state index contributed by atoms with van der Waals surface area (Å²) in [6.07, 6.45) is 1.84. The summed E-state index contributed by atoms with van der Waals surface area (Å²) in [5, 5.41) is 16.4. The van der Waals surface area contributed by atoms with Crippen LogP contribution in [0.2, 0.25) is 0 Å². The lowest BCUT2D eigenvalue weighted by atomic mass is 10.1. The fourth-order valence-electron chi connectivity index (χ4n) is 2.87. The summed E-state index contributed by atoms with van der Waals surface area (Å²) >= 11 is 0. The van der Waals surface area contributed by atoms with E-state index < -0.39 is 5.97 Å². The highest BCUT2D eigenvalue weighted by Gasteiger charge is 2.12. The van der Waals surface area contributed by atoms with E-state index in [1.54, 1.807) is 22.7 Å². The second kappa shape index (κ2) is 6.53. The number of carboxylic acids is 1. The largest absolute Gasteiger partial charge is 0.478 e. The standard InChI is InChI=1S/C20H15FN4O2/c1-12-9-17(14-3-2-4-15(21)10-14)18-23-20(24-25(18)11-12)22-16-7-5-13(6-8-16)19(26)27/h2-11H,1H3,(H,22,24)(H,26,27). The van der Waals surface area contributed by atoms with Crippen molar-refractivity contribution in [3.63, 3.8) is 0 Å². The van der Waals surface area contributed by atoms with Crippen molar-refractivity contribution in [1.29, 1.82) is 0 Å². The Morgan fingerprint density at radius 2 is 1.93 bits per heavy atom. The molecule has 2 N–H and O–H groups in total. The van der Waals surface area contributed by atoms with Crippen LogP contribution in [0, 0.1) is 12.7 Å². The van der Waals surface area contributed by atoms with Crippen LogP contribution in [0.5, 0.6) is 0 Å². The molecular formula is C20H15FN4O2. The van der Waals surface area contributed by atoms with Gasteiger partial charge in [0.2, 0.25) is 5.95 Å². The molecule has 0 bridgehead atoms. The van der Waals surface area contributed by atoms with Gasteiger partial charge in [0.1, 0.15) is 5.82 Å². The second-order valence-electron chi connectivity index (χ2n) is 6.15. The number of halogens is 1. The zero-order chi connectivity index (χ0) is 19.0. The molecule has 2 heterocycles. The molecule has 2 aromatic heterocycles. The number of rotatable bonds is 4. The number of hydrogen-bond acceptors (Lipinski definition) is 4. The quantitative estimate of drug-likeness (QED) is 0.566. The molecule has 6 nitrogen and oxygen atoms in total. The SMILES string of the molecule is Cc1cc(-c2cccc(F)c2)c2nc(Nc3ccc(C(=O)O)cc3)nn2c1. The van der Waals surface area contributed by atoms with Crippen molar-refractivity contribution in [3.05, 3.63) is 77.7 Å². The van der Waals surface area contributed by atoms with E-state index in [4.69, 9.17) is 5.11 Å². The van der Waals surface area contributed by atoms with Gasteiger partial charge in [-0.25, -0.2) is 13.7 Å². The first-order valence-corrected chi connectivity index (χ1v) is 8.23. The fourth-order valence-corrected chi connectivity index (χ4v) is 2.87. The molecule has 0 unspecified atom stereocenters. The lowest BCUT2D eigenvalue weighted by Gasteiger charge is -2.05. The van der Waals surface area contributed by atoms with Gasteiger partial charge in [-0.3, -0.25) is 0 Å². The molecule has 7 heteroatoms. The molecule has 0 spiro atoms. The summed E-state index contributed by atoms with van der Waals surface area (Å²) in [7, 11) is 0. The highest BCUT2D eigenvalue weighted by atomic mass is 19.1. The number of hydrogen-bond donors (Lipinski definition) is 2. The summed E-state index contributed by atoms with van der Waals surface area (Å²) in [4.78, 5) is 15.5. The summed E-state index contributed by atoms with van der Waals surface area (Å²) in [5.41, 5.74) is 3.91. The zero-order valence-corrected chi connectivity index (χ0v) is 14.3. The number of aromatic nitrogens is 3. The van der Waals surface area contributed by atoms with Crippen molar-refractivity contribution in [2.45, 2.75) is 6.92 Å². The molecule has 0 atom stereocenters. The van der Waals surface area contributed by atoms with E-state index in [0.29, 0.717) is 22.8 Å². The van der Waals surface area contributed by atoms with Crippen molar-refractivity contribution < 1.29 is 14.3 Å². The van der Waals surface area contributed by atoms with Crippen LogP contribution in [0.1, 0.15) is 15.9 Å². The number of aryl methyl sites for hydroxylation is 1. The summed E-state index contributed by atoms with van der Waals surface area (Å²) < 4.78 is 15.3. The molecule has 0 saturated heterocycles. The third kappa shape index (κ3) is 3.35. The van der Waals surface area contributed by atoms with Gasteiger partial charge in [-0.1, -0.05) is 12.1 Å². The molecule has 0 radical (unpaired) electrons. The number of nitrogens with one attached hydrogen (secondary N) is 1. The second-order valence-corrected chi connectivity index (χ2v) is 6.15. The summed E-state index contributed by atoms with van der Waals surface area (Å²) in [5.74, 6) is -0.938. The van der Waals surface area contributed by atoms with E-state index >= 15 is 0 Å². The first-order valence-electron chi connectivity index (χ1n) is 8.23. The third-order valence-corrected chi connectivity index (χ3v) is 4.09. The van der Waals surface area contributed by atoms with E-state index in [-0.39, 0.29) is 11.4 Å². The van der Waals surface area contributed by atoms with E-state index in [9.17, 15) is 9.18 Å². The Labute approximate surface area is 153 Å². The highest BCUT2D eigenvalue weighted by Crippen LogP contribution is 2.27. The number of anilines is 2. The van der Waals surface area contributed by atoms with Crippen molar-refractivity contribution in [2.24, 2.45) is 0 Å². The van der Waals surface area contributed by atoms with Crippen LogP contribution in [0.15, 0.2) is 60.8 Å². The molecule has 0 saturated carbocycles. The first kappa shape index (κ1) is 16.7. The minimum absolute atomic E-state index is 0.201. The Hall–Kier alpha value is -3.74. The Kier molecular flexibility index (Phi) is 4.04. The van der Waals surface area contributed by atoms with Gasteiger partial charge in [0.15, 0.2) is 5.65 Å². The average Bonchev–Trinajstić information content (AvgIpc) is 3.03. The van der Waals surface area contributed by atoms with Crippen molar-refractivity contribution >= 4 is 23.3 Å². The minimum atomic E-state index is -0.984. The molecule has 2 aromatic carbocycles. The average molecular weight is 362 g/mol. The third-order valence-electron chi connectivity index (χ3n) is 4.09. The lowest BCUT2D eigenvalue weighted by molar-refractivity contribution is 0.0697. The smallest absolute Gasteiger partial charge is 0.335 e. The van der Waals surface area contributed by atoms with Crippen LogP contribution < -0.4 is 5.32 Å². The highest BCUT2D eigenvalue weighted by molar-refractivity contribution is 5.88. The molecule has 0 aliphatic carbocycles. The minimum Gasteiger partial charge on any atom is -0.478 e. The van der Waals surface area contributed by atoms with Gasteiger partial charge in [0, 0.05) is 17.4 Å². The first-order chi connectivity index (χ1) is 13.0. The fraction of sp³-hybridized carbons (Fsp3) is 0.0500. The van der Waals surface area contributed by atoms with Crippen molar-refractivity contribution in [2.75, 3.05) is 5.32 Å². The number of nitrogens with zero attached hydrogens (tertiary/aromatic N) is 3. The van der Waals surface area contributed by atoms with Gasteiger partial charge in [-0.05, 0) is 60.5 Å². The van der Waals surface area contributed by atoms with E-state index in [1.807, 2.05) is 25.3 Å². The number of fused-ring (bicyclic) bond motifs is 1. The maximum absolute atomic E-state index is 13.6. The Morgan fingerprint density at radius 3 is 2.63 bits per heavy atom. The van der Waals surface area contributed by atoms with Gasteiger partial charge in [-0.2, -0.15) is 4.98 Å². The van der Waals surface area contributed by atoms with Crippen LogP contribution >= 0.6 is 0 Å². The van der Waals surface area contributed by atoms with E-state index in [1.165, 1.54) is 24.3 Å². The Morgan fingerprint density at radius 1 is 1.15 bits per heavy atom. The maximum Gasteiger partial charge on any atom is 0.335 e. The monoisotopic (exact) mass is 362 g/mol. The number of pyridine rings is 1. The predicted molar refractivity (Wildman–Crippen MR) is 99.8 cm³/mol. The van der Waals surface area contributed by atoms with Gasteiger partial charge in [0.05, 0.1) is 5.56 Å². The number of aromatic carboxylic acids is 1. The molecular weight excluding hydrogens is 347 g/mol. The predicted octanol–water partition coefficient (Wildman–Crippen LogP) is 4.29. The van der Waals surface area contributed by atoms with Crippen molar-refractivity contribution in [1.82, 2.24) is 14.6 Å². The van der Waals surface area contributed by atoms with Gasteiger partial charge < -0.3 is 10.4 Å². The van der Waals surface area contributed by atoms with Gasteiger partial charge in [0.25, 0.3) is 0 Å². The molecule has 4 aromatic rings. The van der Waals surface area contributed by atoms with Gasteiger partial charge in [-0.15, -0.1) is 5.10 Å². The normalized spacial score (nSPS) is 10.9. The maximum atomic E-state index is 13.6. The lowest BCUT2D eigenvalue weighted by Crippen LogP contribution is -1.97. The number of carbonyl (C=O) groups is 1. The molecule has 0 aliphatic heterocycles. The topological polar surface area (TPSA) is 79.5 Å². The van der Waals surface area contributed by atoms with E-state index in [0.717, 1.165) is 11.1 Å². The molecule has 0 fully saturated rings. The van der Waals surface area contributed by atoms with Crippen LogP contribution in [-0.2, 0) is 0 Å². The molecule has 4 rings (SSSR count). The van der Waals surface area contributed by atoms with Gasteiger partial charge >= 0.3 is 5.97 Å². The summed E-state index contributed by atoms with van der Waals surface area (Å²) in [6.45, 7) is 1.93. The molecule has 0 aliphatic rings. The van der Waals surface area contributed by atoms with Crippen LogP contribution in [0.25, 0.3) is 16.8 Å². The van der Waals surface area contributed by atoms with Crippen LogP contribution in [-0.4, -0.2) is 25.7 Å². The molecule has 134 valence electrons. The summed E-state index contributed by atoms with van der Waals surface area (Å²) in [6, 6.07) is 14.6. The number of benzene rings is 2. The van der Waals surface area contributed by atoms with Crippen LogP contribution in [0.4, 0.5) is 16.0 Å². The Balaban J connectivity index is 1.73. The van der Waals surface area contributed by atoms with Crippen LogP contribution in [0.3, 0.4) is 0 Å². The van der Waals surface area contributed by atoms with Crippen molar-refractivity contribution in [3.8, 4) is 11.1 Å². The Bertz CT molecular complexity index is 1150. The van der Waals surface area contributed by atoms with E-state index in [2.05, 4.69) is 15.4 Å².